The molecule has 222 valence electrons. The van der Waals surface area contributed by atoms with Gasteiger partial charge in [-0.05, 0) is 92.2 Å². The van der Waals surface area contributed by atoms with Crippen molar-refractivity contribution in [1.29, 1.82) is 0 Å². The fraction of sp³-hybridized carbons (Fsp3) is 0.156. The van der Waals surface area contributed by atoms with Gasteiger partial charge in [-0.15, -0.1) is 0 Å². The molecule has 43 heavy (non-hydrogen) atoms. The van der Waals surface area contributed by atoms with Gasteiger partial charge in [0.25, 0.3) is 11.8 Å². The summed E-state index contributed by atoms with van der Waals surface area (Å²) in [6, 6.07) is 28.7. The summed E-state index contributed by atoms with van der Waals surface area (Å²) in [6.07, 6.45) is 2.45. The van der Waals surface area contributed by atoms with Gasteiger partial charge in [-0.2, -0.15) is 5.10 Å². The van der Waals surface area contributed by atoms with Gasteiger partial charge in [-0.3, -0.25) is 13.9 Å². The van der Waals surface area contributed by atoms with Crippen molar-refractivity contribution >= 4 is 39.4 Å². The summed E-state index contributed by atoms with van der Waals surface area (Å²) in [5, 5.41) is 6.73. The van der Waals surface area contributed by atoms with Crippen LogP contribution in [0.25, 0.3) is 0 Å². The number of anilines is 2. The van der Waals surface area contributed by atoms with Crippen molar-refractivity contribution in [3.8, 4) is 17.2 Å². The summed E-state index contributed by atoms with van der Waals surface area (Å²) in [6.45, 7) is 3.28. The van der Waals surface area contributed by atoms with Crippen LogP contribution in [0.4, 0.5) is 11.4 Å². The summed E-state index contributed by atoms with van der Waals surface area (Å²) in [5.41, 5.74) is 5.13. The lowest BCUT2D eigenvalue weighted by molar-refractivity contribution is -0.121. The minimum absolute atomic E-state index is 0.158. The number of nitrogens with zero attached hydrogens (tertiary/aromatic N) is 2. The van der Waals surface area contributed by atoms with Crippen molar-refractivity contribution in [2.24, 2.45) is 5.10 Å². The van der Waals surface area contributed by atoms with Gasteiger partial charge < -0.3 is 14.8 Å². The summed E-state index contributed by atoms with van der Waals surface area (Å²) < 4.78 is 37.6. The lowest BCUT2D eigenvalue weighted by Gasteiger charge is -2.27. The van der Waals surface area contributed by atoms with Crippen LogP contribution in [-0.4, -0.2) is 45.4 Å². The number of carbonyl (C=O) groups excluding carboxylic acids is 2. The van der Waals surface area contributed by atoms with Gasteiger partial charge in [0.05, 0.1) is 18.2 Å². The van der Waals surface area contributed by atoms with Crippen molar-refractivity contribution in [3.05, 3.63) is 114 Å². The van der Waals surface area contributed by atoms with Gasteiger partial charge in [-0.1, -0.05) is 35.9 Å². The first-order chi connectivity index (χ1) is 20.6. The number of carbonyl (C=O) groups is 2. The number of ether oxygens (including phenoxy) is 2. The maximum Gasteiger partial charge on any atom is 0.263 e. The first-order valence-electron chi connectivity index (χ1n) is 13.3. The molecule has 0 bridgehead atoms. The van der Waals surface area contributed by atoms with E-state index in [1.54, 1.807) is 60.7 Å². The first-order valence-corrected chi connectivity index (χ1v) is 15.2. The van der Waals surface area contributed by atoms with E-state index in [9.17, 15) is 18.0 Å². The maximum atomic E-state index is 12.8. The smallest absolute Gasteiger partial charge is 0.263 e. The van der Waals surface area contributed by atoms with Crippen molar-refractivity contribution in [2.75, 3.05) is 22.5 Å². The molecule has 0 aliphatic rings. The van der Waals surface area contributed by atoms with E-state index in [0.29, 0.717) is 34.2 Å². The van der Waals surface area contributed by atoms with E-state index in [2.05, 4.69) is 15.8 Å². The van der Waals surface area contributed by atoms with Gasteiger partial charge in [0.1, 0.15) is 23.3 Å². The van der Waals surface area contributed by atoms with Crippen LogP contribution in [-0.2, 0) is 19.6 Å². The predicted molar refractivity (Wildman–Crippen MR) is 167 cm³/mol. The number of hydrogen-bond acceptors (Lipinski definition) is 7. The number of amides is 2. The Bertz CT molecular complexity index is 1660. The van der Waals surface area contributed by atoms with E-state index >= 15 is 0 Å². The molecule has 0 aliphatic carbocycles. The molecule has 2 amide bonds. The highest BCUT2D eigenvalue weighted by atomic mass is 32.2. The third-order valence-corrected chi connectivity index (χ3v) is 7.37. The molecule has 0 spiro atoms. The Morgan fingerprint density at radius 1 is 0.860 bits per heavy atom. The zero-order valence-electron chi connectivity index (χ0n) is 23.9. The summed E-state index contributed by atoms with van der Waals surface area (Å²) in [7, 11) is -3.81. The van der Waals surface area contributed by atoms with Gasteiger partial charge >= 0.3 is 0 Å². The Kier molecular flexibility index (Phi) is 10.1. The van der Waals surface area contributed by atoms with E-state index in [1.807, 2.05) is 49.4 Å². The highest BCUT2D eigenvalue weighted by molar-refractivity contribution is 7.92. The van der Waals surface area contributed by atoms with E-state index in [1.165, 1.54) is 13.1 Å². The van der Waals surface area contributed by atoms with Crippen LogP contribution in [0.1, 0.15) is 18.1 Å². The molecule has 10 nitrogen and oxygen atoms in total. The summed E-state index contributed by atoms with van der Waals surface area (Å²) in [5.74, 6) is 0.742. The van der Waals surface area contributed by atoms with Gasteiger partial charge in [0, 0.05) is 5.69 Å². The quantitative estimate of drug-likeness (QED) is 0.172. The van der Waals surface area contributed by atoms with Gasteiger partial charge in [0.15, 0.2) is 6.61 Å². The molecule has 4 rings (SSSR count). The van der Waals surface area contributed by atoms with E-state index < -0.39 is 22.0 Å². The van der Waals surface area contributed by atoms with Crippen LogP contribution in [0.15, 0.2) is 108 Å². The standard InChI is InChI=1S/C32H32N4O6S/c1-23-9-13-26(14-10-23)34-31(37)22-41-28-17-11-25(12-18-28)21-33-35-32(38)24(2)36(43(3,39)40)27-15-19-30(20-16-27)42-29-7-5-4-6-8-29/h4-21,24H,22H2,1-3H3,(H,34,37)(H,35,38)/b33-21-/t24-/m0/s1. The molecule has 1 atom stereocenters. The van der Waals surface area contributed by atoms with E-state index in [0.717, 1.165) is 16.1 Å². The van der Waals surface area contributed by atoms with Crippen molar-refractivity contribution in [1.82, 2.24) is 5.43 Å². The third kappa shape index (κ3) is 9.17. The third-order valence-electron chi connectivity index (χ3n) is 6.13. The molecule has 4 aromatic carbocycles. The number of aryl methyl sites for hydroxylation is 1. The summed E-state index contributed by atoms with van der Waals surface area (Å²) >= 11 is 0. The number of nitrogens with one attached hydrogen (secondary N) is 2. The number of para-hydroxylation sites is 1. The average molecular weight is 601 g/mol. The Hall–Kier alpha value is -5.16. The minimum atomic E-state index is -3.81. The molecule has 4 aromatic rings. The molecule has 0 heterocycles. The van der Waals surface area contributed by atoms with Crippen LogP contribution < -0.4 is 24.5 Å². The first kappa shape index (κ1) is 30.8. The molecule has 0 unspecified atom stereocenters. The highest BCUT2D eigenvalue weighted by Crippen LogP contribution is 2.27. The van der Waals surface area contributed by atoms with E-state index in [4.69, 9.17) is 9.47 Å². The number of benzene rings is 4. The number of rotatable bonds is 12. The summed E-state index contributed by atoms with van der Waals surface area (Å²) in [4.78, 5) is 25.0. The van der Waals surface area contributed by atoms with Crippen molar-refractivity contribution < 1.29 is 27.5 Å². The van der Waals surface area contributed by atoms with Crippen LogP contribution in [0, 0.1) is 6.92 Å². The van der Waals surface area contributed by atoms with Crippen molar-refractivity contribution in [3.63, 3.8) is 0 Å². The van der Waals surface area contributed by atoms with Crippen LogP contribution >= 0.6 is 0 Å². The molecule has 0 aliphatic heterocycles. The Morgan fingerprint density at radius 3 is 2.09 bits per heavy atom. The zero-order chi connectivity index (χ0) is 30.8. The Morgan fingerprint density at radius 2 is 1.47 bits per heavy atom. The van der Waals surface area contributed by atoms with E-state index in [-0.39, 0.29) is 12.5 Å². The van der Waals surface area contributed by atoms with Crippen LogP contribution in [0.3, 0.4) is 0 Å². The second-order valence-corrected chi connectivity index (χ2v) is 11.5. The highest BCUT2D eigenvalue weighted by Gasteiger charge is 2.29. The lowest BCUT2D eigenvalue weighted by atomic mass is 10.2. The number of hydrogen-bond donors (Lipinski definition) is 2. The molecule has 0 saturated heterocycles. The minimum Gasteiger partial charge on any atom is -0.484 e. The average Bonchev–Trinajstić information content (AvgIpc) is 2.98. The molecule has 2 N–H and O–H groups in total. The maximum absolute atomic E-state index is 12.8. The molecular formula is C32H32N4O6S. The van der Waals surface area contributed by atoms with Gasteiger partial charge in [-0.25, -0.2) is 13.8 Å². The zero-order valence-corrected chi connectivity index (χ0v) is 24.7. The molecule has 11 heteroatoms. The monoisotopic (exact) mass is 600 g/mol. The number of hydrazone groups is 1. The molecule has 0 fully saturated rings. The molecular weight excluding hydrogens is 568 g/mol. The Balaban J connectivity index is 1.30. The van der Waals surface area contributed by atoms with Gasteiger partial charge in [0.2, 0.25) is 10.0 Å². The largest absolute Gasteiger partial charge is 0.484 e. The van der Waals surface area contributed by atoms with Crippen LogP contribution in [0.2, 0.25) is 0 Å². The molecule has 0 aromatic heterocycles. The fourth-order valence-electron chi connectivity index (χ4n) is 3.99. The van der Waals surface area contributed by atoms with Crippen molar-refractivity contribution in [2.45, 2.75) is 19.9 Å². The normalized spacial score (nSPS) is 11.9. The second-order valence-electron chi connectivity index (χ2n) is 9.65. The SMILES string of the molecule is Cc1ccc(NC(=O)COc2ccc(/C=N\NC(=O)[C@H](C)N(c3ccc(Oc4ccccc4)cc3)S(C)(=O)=O)cc2)cc1. The predicted octanol–water partition coefficient (Wildman–Crippen LogP) is 5.11. The number of sulfonamides is 1. The lowest BCUT2D eigenvalue weighted by Crippen LogP contribution is -2.46. The Labute approximate surface area is 251 Å². The molecule has 0 saturated carbocycles. The molecule has 0 radical (unpaired) electrons. The fourth-order valence-corrected chi connectivity index (χ4v) is 5.17. The van der Waals surface area contributed by atoms with Crippen LogP contribution in [0.5, 0.6) is 17.2 Å². The topological polar surface area (TPSA) is 126 Å². The second kappa shape index (κ2) is 14.1.